The third kappa shape index (κ3) is 5.50. The number of ether oxygens (including phenoxy) is 3. The van der Waals surface area contributed by atoms with E-state index in [4.69, 9.17) is 30.9 Å². The summed E-state index contributed by atoms with van der Waals surface area (Å²) in [6, 6.07) is 12.8. The van der Waals surface area contributed by atoms with E-state index in [1.54, 1.807) is 12.1 Å². The summed E-state index contributed by atoms with van der Waals surface area (Å²) in [5.74, 6) is 2.26. The van der Waals surface area contributed by atoms with Gasteiger partial charge in [-0.05, 0) is 30.3 Å². The van der Waals surface area contributed by atoms with Crippen LogP contribution < -0.4 is 29.9 Å². The molecule has 0 aliphatic carbocycles. The van der Waals surface area contributed by atoms with Gasteiger partial charge >= 0.3 is 0 Å². The van der Waals surface area contributed by atoms with Crippen LogP contribution in [0.25, 0.3) is 0 Å². The first-order valence-electron chi connectivity index (χ1n) is 11.5. The zero-order chi connectivity index (χ0) is 26.2. The summed E-state index contributed by atoms with van der Waals surface area (Å²) >= 11 is 7.01. The zero-order valence-electron chi connectivity index (χ0n) is 20.5. The van der Waals surface area contributed by atoms with Crippen LogP contribution in [0.4, 0.5) is 19.6 Å². The predicted molar refractivity (Wildman–Crippen MR) is 139 cm³/mol. The van der Waals surface area contributed by atoms with Crippen molar-refractivity contribution >= 4 is 39.6 Å². The average molecular weight is 552 g/mol. The minimum atomic E-state index is -2.81. The van der Waals surface area contributed by atoms with Gasteiger partial charge in [0, 0.05) is 12.0 Å². The van der Waals surface area contributed by atoms with Gasteiger partial charge in [0.15, 0.2) is 17.3 Å². The molecule has 0 saturated carbocycles. The first kappa shape index (κ1) is 25.3. The molecule has 2 aromatic carbocycles. The lowest BCUT2D eigenvalue weighted by Crippen LogP contribution is -2.44. The van der Waals surface area contributed by atoms with Crippen LogP contribution in [0.1, 0.15) is 24.1 Å². The highest BCUT2D eigenvalue weighted by atomic mass is 35.5. The molecule has 1 N–H and O–H groups in total. The zero-order valence-corrected chi connectivity index (χ0v) is 22.0. The first-order valence-corrected chi connectivity index (χ1v) is 12.7. The Morgan fingerprint density at radius 1 is 1.16 bits per heavy atom. The number of quaternary nitrogens is 1. The maximum absolute atomic E-state index is 13.5. The second kappa shape index (κ2) is 10.2. The number of amidine groups is 1. The van der Waals surface area contributed by atoms with Crippen LogP contribution in [0.2, 0.25) is 4.34 Å². The molecule has 2 aliphatic rings. The van der Waals surface area contributed by atoms with Crippen molar-refractivity contribution in [1.82, 2.24) is 10.4 Å². The Hall–Kier alpha value is -3.35. The molecule has 0 saturated heterocycles. The number of halogens is 3. The van der Waals surface area contributed by atoms with Gasteiger partial charge in [-0.25, -0.2) is 13.8 Å². The number of thiazole rings is 1. The lowest BCUT2D eigenvalue weighted by Gasteiger charge is -2.27. The molecule has 0 spiro atoms. The Balaban J connectivity index is 1.48. The Morgan fingerprint density at radius 3 is 2.70 bits per heavy atom. The van der Waals surface area contributed by atoms with Gasteiger partial charge < -0.3 is 18.7 Å². The Kier molecular flexibility index (Phi) is 6.97. The highest BCUT2D eigenvalue weighted by Gasteiger charge is 2.33. The number of hydrogen-bond donors (Lipinski definition) is 1. The maximum atomic E-state index is 13.5. The number of nitrogens with zero attached hydrogens (tertiary/aromatic N) is 5. The smallest absolute Gasteiger partial charge is 0.282 e. The van der Waals surface area contributed by atoms with Gasteiger partial charge in [0.1, 0.15) is 21.5 Å². The second-order valence-corrected chi connectivity index (χ2v) is 10.9. The van der Waals surface area contributed by atoms with Gasteiger partial charge in [-0.3, -0.25) is 5.43 Å². The molecule has 13 heteroatoms. The highest BCUT2D eigenvalue weighted by molar-refractivity contribution is 7.19. The number of aromatic nitrogens is 1. The number of hydrazine groups is 2. The first-order chi connectivity index (χ1) is 17.7. The summed E-state index contributed by atoms with van der Waals surface area (Å²) in [7, 11) is 6.38. The van der Waals surface area contributed by atoms with Crippen LogP contribution in [-0.4, -0.2) is 56.4 Å². The third-order valence-electron chi connectivity index (χ3n) is 5.54. The lowest BCUT2D eigenvalue weighted by molar-refractivity contribution is -0.870. The number of hydrogen-bond acceptors (Lipinski definition) is 9. The number of nitrogens with one attached hydrogen (secondary N) is 1. The largest absolute Gasteiger partial charge is 0.491 e. The standard InChI is InChI=1S/C24H26ClF2N6O3S/c1-33(2,3)11-6-12-34-17-8-5-4-7-16(17)31-29-23(15-9-10-18-19(13-15)36-14-35-18)30-32(31)24-28-20(22(26)27)21(25)37-24/h4-5,7-10,13,22H,6,11-12,14H2,1-3H3,(H,29,30)/q+1. The van der Waals surface area contributed by atoms with Crippen molar-refractivity contribution in [3.8, 4) is 17.2 Å². The van der Waals surface area contributed by atoms with Crippen molar-refractivity contribution < 1.29 is 27.5 Å². The molecule has 9 nitrogen and oxygen atoms in total. The average Bonchev–Trinajstić information content (AvgIpc) is 3.58. The molecule has 196 valence electrons. The Labute approximate surface area is 221 Å². The summed E-state index contributed by atoms with van der Waals surface area (Å²) in [6.07, 6.45) is -1.95. The SMILES string of the molecule is C[N+](C)(C)CCCOc1ccccc1N1N=C(c2ccc3c(c2)OCO3)NN1c1nc(C(F)F)c(Cl)s1. The fourth-order valence-corrected chi connectivity index (χ4v) is 4.84. The molecule has 0 bridgehead atoms. The number of benzene rings is 2. The highest BCUT2D eigenvalue weighted by Crippen LogP contribution is 2.40. The molecule has 0 radical (unpaired) electrons. The van der Waals surface area contributed by atoms with Crippen molar-refractivity contribution in [2.75, 3.05) is 51.3 Å². The van der Waals surface area contributed by atoms with Crippen LogP contribution in [0.15, 0.2) is 47.6 Å². The van der Waals surface area contributed by atoms with E-state index in [1.165, 1.54) is 10.2 Å². The number of hydrazone groups is 1. The minimum Gasteiger partial charge on any atom is -0.491 e. The number of rotatable bonds is 9. The van der Waals surface area contributed by atoms with E-state index in [-0.39, 0.29) is 16.3 Å². The number of para-hydroxylation sites is 2. The van der Waals surface area contributed by atoms with Crippen LogP contribution >= 0.6 is 22.9 Å². The van der Waals surface area contributed by atoms with Crippen molar-refractivity contribution in [2.45, 2.75) is 12.8 Å². The topological polar surface area (TPSA) is 71.5 Å². The molecule has 3 aromatic rings. The summed E-state index contributed by atoms with van der Waals surface area (Å²) in [4.78, 5) is 4.08. The summed E-state index contributed by atoms with van der Waals surface area (Å²) in [6.45, 7) is 1.59. The van der Waals surface area contributed by atoms with E-state index in [0.717, 1.165) is 28.8 Å². The monoisotopic (exact) mass is 551 g/mol. The molecular weight excluding hydrogens is 526 g/mol. The quantitative estimate of drug-likeness (QED) is 0.295. The molecule has 1 aromatic heterocycles. The lowest BCUT2D eigenvalue weighted by atomic mass is 10.2. The molecule has 2 aliphatic heterocycles. The van der Waals surface area contributed by atoms with Crippen molar-refractivity contribution in [3.63, 3.8) is 0 Å². The van der Waals surface area contributed by atoms with Crippen molar-refractivity contribution in [3.05, 3.63) is 58.1 Å². The molecular formula is C24H26ClF2N6O3S+. The van der Waals surface area contributed by atoms with Crippen LogP contribution in [0.5, 0.6) is 17.2 Å². The van der Waals surface area contributed by atoms with E-state index in [2.05, 4.69) is 31.6 Å². The van der Waals surface area contributed by atoms with E-state index in [0.29, 0.717) is 40.9 Å². The molecule has 0 atom stereocenters. The summed E-state index contributed by atoms with van der Waals surface area (Å²) < 4.78 is 44.7. The fourth-order valence-electron chi connectivity index (χ4n) is 3.76. The minimum absolute atomic E-state index is 0.0897. The Bertz CT molecular complexity index is 1320. The van der Waals surface area contributed by atoms with E-state index >= 15 is 0 Å². The van der Waals surface area contributed by atoms with E-state index in [9.17, 15) is 8.78 Å². The Morgan fingerprint density at radius 2 is 1.95 bits per heavy atom. The van der Waals surface area contributed by atoms with E-state index in [1.807, 2.05) is 30.3 Å². The number of anilines is 2. The van der Waals surface area contributed by atoms with Gasteiger partial charge in [0.05, 0.1) is 34.3 Å². The van der Waals surface area contributed by atoms with Crippen LogP contribution in [0, 0.1) is 0 Å². The van der Waals surface area contributed by atoms with Gasteiger partial charge in [-0.15, -0.1) is 15.3 Å². The fraction of sp³-hybridized carbons (Fsp3) is 0.333. The van der Waals surface area contributed by atoms with Gasteiger partial charge in [-0.2, -0.15) is 0 Å². The van der Waals surface area contributed by atoms with E-state index < -0.39 is 12.1 Å². The summed E-state index contributed by atoms with van der Waals surface area (Å²) in [5, 5.41) is 7.94. The number of fused-ring (bicyclic) bond motifs is 1. The van der Waals surface area contributed by atoms with Gasteiger partial charge in [0.2, 0.25) is 11.9 Å². The molecule has 0 fully saturated rings. The molecule has 37 heavy (non-hydrogen) atoms. The van der Waals surface area contributed by atoms with Crippen LogP contribution in [0.3, 0.4) is 0 Å². The van der Waals surface area contributed by atoms with Crippen molar-refractivity contribution in [1.29, 1.82) is 0 Å². The van der Waals surface area contributed by atoms with Crippen LogP contribution in [-0.2, 0) is 0 Å². The molecule has 5 rings (SSSR count). The van der Waals surface area contributed by atoms with Crippen molar-refractivity contribution in [2.24, 2.45) is 5.10 Å². The maximum Gasteiger partial charge on any atom is 0.282 e. The second-order valence-electron chi connectivity index (χ2n) is 9.37. The van der Waals surface area contributed by atoms with Gasteiger partial charge in [-0.1, -0.05) is 35.1 Å². The number of alkyl halides is 2. The van der Waals surface area contributed by atoms with Gasteiger partial charge in [0.25, 0.3) is 6.43 Å². The molecule has 0 amide bonds. The molecule has 0 unspecified atom stereocenters. The molecule has 3 heterocycles. The third-order valence-corrected chi connectivity index (χ3v) is 6.80. The normalized spacial score (nSPS) is 14.8. The summed E-state index contributed by atoms with van der Waals surface area (Å²) in [5.41, 5.74) is 3.98. The predicted octanol–water partition coefficient (Wildman–Crippen LogP) is 5.05.